The summed E-state index contributed by atoms with van der Waals surface area (Å²) in [5.74, 6) is 1.14. The molecule has 2 heterocycles. The van der Waals surface area contributed by atoms with Crippen molar-refractivity contribution in [2.24, 2.45) is 0 Å². The molecule has 146 valence electrons. The lowest BCUT2D eigenvalue weighted by Gasteiger charge is -2.31. The number of rotatable bonds is 5. The van der Waals surface area contributed by atoms with Crippen LogP contribution in [-0.4, -0.2) is 43.7 Å². The van der Waals surface area contributed by atoms with Crippen LogP contribution in [0.15, 0.2) is 49.0 Å². The fourth-order valence-corrected chi connectivity index (χ4v) is 4.03. The molecule has 1 amide bonds. The van der Waals surface area contributed by atoms with Crippen LogP contribution in [-0.2, 0) is 4.79 Å². The van der Waals surface area contributed by atoms with Gasteiger partial charge in [0.15, 0.2) is 11.5 Å². The zero-order valence-electron chi connectivity index (χ0n) is 16.5. The highest BCUT2D eigenvalue weighted by Crippen LogP contribution is 2.49. The van der Waals surface area contributed by atoms with E-state index >= 15 is 0 Å². The maximum atomic E-state index is 12.9. The van der Waals surface area contributed by atoms with E-state index in [0.717, 1.165) is 49.4 Å². The molecule has 0 aliphatic carbocycles. The van der Waals surface area contributed by atoms with Gasteiger partial charge >= 0.3 is 0 Å². The summed E-state index contributed by atoms with van der Waals surface area (Å²) in [7, 11) is 1.62. The Morgan fingerprint density at radius 2 is 1.82 bits per heavy atom. The van der Waals surface area contributed by atoms with E-state index in [9.17, 15) is 4.79 Å². The summed E-state index contributed by atoms with van der Waals surface area (Å²) in [4.78, 5) is 17.0. The Balaban J connectivity index is 1.66. The predicted octanol–water partition coefficient (Wildman–Crippen LogP) is 4.25. The van der Waals surface area contributed by atoms with E-state index in [1.54, 1.807) is 12.0 Å². The third-order valence-corrected chi connectivity index (χ3v) is 5.60. The van der Waals surface area contributed by atoms with Crippen molar-refractivity contribution in [1.29, 1.82) is 0 Å². The molecule has 0 aromatic heterocycles. The van der Waals surface area contributed by atoms with Gasteiger partial charge in [-0.15, -0.1) is 0 Å². The molecule has 5 nitrogen and oxygen atoms in total. The van der Waals surface area contributed by atoms with Crippen molar-refractivity contribution in [2.45, 2.75) is 25.9 Å². The van der Waals surface area contributed by atoms with E-state index in [2.05, 4.69) is 18.4 Å². The monoisotopic (exact) mass is 378 g/mol. The van der Waals surface area contributed by atoms with Gasteiger partial charge in [-0.25, -0.2) is 0 Å². The summed E-state index contributed by atoms with van der Waals surface area (Å²) in [5.41, 5.74) is 2.75. The second-order valence-corrected chi connectivity index (χ2v) is 7.20. The fraction of sp³-hybridized carbons (Fsp3) is 0.348. The molecule has 28 heavy (non-hydrogen) atoms. The van der Waals surface area contributed by atoms with Gasteiger partial charge in [-0.05, 0) is 43.7 Å². The SMILES string of the molecule is C=C1C(=O)N(c2ccccc2)c2ccc(OC3CCN(CC)CC3)c(OC)c21. The number of methoxy groups -OCH3 is 1. The van der Waals surface area contributed by atoms with Gasteiger partial charge in [-0.3, -0.25) is 9.69 Å². The number of likely N-dealkylation sites (tertiary alicyclic amines) is 1. The molecule has 4 rings (SSSR count). The number of hydrogen-bond donors (Lipinski definition) is 0. The van der Waals surface area contributed by atoms with Crippen molar-refractivity contribution in [3.05, 3.63) is 54.6 Å². The van der Waals surface area contributed by atoms with Gasteiger partial charge in [0.05, 0.1) is 18.4 Å². The maximum Gasteiger partial charge on any atom is 0.263 e. The zero-order chi connectivity index (χ0) is 19.7. The molecule has 1 fully saturated rings. The molecular weight excluding hydrogens is 352 g/mol. The van der Waals surface area contributed by atoms with E-state index in [1.807, 2.05) is 42.5 Å². The molecular formula is C23H26N2O3. The van der Waals surface area contributed by atoms with Crippen LogP contribution in [0.25, 0.3) is 5.57 Å². The van der Waals surface area contributed by atoms with E-state index < -0.39 is 0 Å². The molecule has 2 aromatic rings. The van der Waals surface area contributed by atoms with Crippen LogP contribution in [0, 0.1) is 0 Å². The summed E-state index contributed by atoms with van der Waals surface area (Å²) in [6, 6.07) is 13.4. The van der Waals surface area contributed by atoms with Crippen molar-refractivity contribution in [2.75, 3.05) is 31.6 Å². The predicted molar refractivity (Wildman–Crippen MR) is 111 cm³/mol. The quantitative estimate of drug-likeness (QED) is 0.730. The number of para-hydroxylation sites is 1. The average molecular weight is 378 g/mol. The van der Waals surface area contributed by atoms with Crippen LogP contribution in [0.5, 0.6) is 11.5 Å². The number of amides is 1. The van der Waals surface area contributed by atoms with Crippen LogP contribution in [0.1, 0.15) is 25.3 Å². The Morgan fingerprint density at radius 1 is 1.11 bits per heavy atom. The van der Waals surface area contributed by atoms with Crippen LogP contribution >= 0.6 is 0 Å². The number of nitrogens with zero attached hydrogens (tertiary/aromatic N) is 2. The fourth-order valence-electron chi connectivity index (χ4n) is 4.03. The molecule has 2 aliphatic rings. The first-order valence-electron chi connectivity index (χ1n) is 9.82. The topological polar surface area (TPSA) is 42.0 Å². The number of anilines is 2. The molecule has 0 radical (unpaired) electrons. The first-order valence-corrected chi connectivity index (χ1v) is 9.82. The third-order valence-electron chi connectivity index (χ3n) is 5.60. The summed E-state index contributed by atoms with van der Waals surface area (Å²) in [5, 5.41) is 0. The van der Waals surface area contributed by atoms with Crippen LogP contribution < -0.4 is 14.4 Å². The van der Waals surface area contributed by atoms with Gasteiger partial charge in [-0.2, -0.15) is 0 Å². The van der Waals surface area contributed by atoms with Gasteiger partial charge in [0.1, 0.15) is 6.10 Å². The van der Waals surface area contributed by atoms with Gasteiger partial charge < -0.3 is 14.4 Å². The minimum Gasteiger partial charge on any atom is -0.492 e. The van der Waals surface area contributed by atoms with E-state index in [4.69, 9.17) is 9.47 Å². The Kier molecular flexibility index (Phi) is 5.09. The number of benzene rings is 2. The third kappa shape index (κ3) is 3.16. The lowest BCUT2D eigenvalue weighted by atomic mass is 10.1. The molecule has 0 saturated carbocycles. The van der Waals surface area contributed by atoms with Gasteiger partial charge in [0.2, 0.25) is 0 Å². The van der Waals surface area contributed by atoms with Crippen LogP contribution in [0.2, 0.25) is 0 Å². The molecule has 0 spiro atoms. The lowest BCUT2D eigenvalue weighted by Crippen LogP contribution is -2.38. The van der Waals surface area contributed by atoms with Crippen molar-refractivity contribution in [3.8, 4) is 11.5 Å². The maximum absolute atomic E-state index is 12.9. The minimum atomic E-state index is -0.132. The van der Waals surface area contributed by atoms with E-state index in [0.29, 0.717) is 17.1 Å². The zero-order valence-corrected chi connectivity index (χ0v) is 16.5. The Bertz CT molecular complexity index is 886. The Hall–Kier alpha value is -2.79. The highest BCUT2D eigenvalue weighted by atomic mass is 16.5. The van der Waals surface area contributed by atoms with Crippen molar-refractivity contribution in [1.82, 2.24) is 4.90 Å². The summed E-state index contributed by atoms with van der Waals surface area (Å²) in [6.45, 7) is 9.38. The van der Waals surface area contributed by atoms with Gasteiger partial charge in [0.25, 0.3) is 5.91 Å². The van der Waals surface area contributed by atoms with Crippen molar-refractivity contribution < 1.29 is 14.3 Å². The van der Waals surface area contributed by atoms with Crippen molar-refractivity contribution in [3.63, 3.8) is 0 Å². The number of hydrogen-bond acceptors (Lipinski definition) is 4. The second kappa shape index (κ2) is 7.68. The molecule has 0 atom stereocenters. The number of carbonyl (C=O) groups excluding carboxylic acids is 1. The largest absolute Gasteiger partial charge is 0.492 e. The Morgan fingerprint density at radius 3 is 2.46 bits per heavy atom. The van der Waals surface area contributed by atoms with Gasteiger partial charge in [-0.1, -0.05) is 31.7 Å². The lowest BCUT2D eigenvalue weighted by molar-refractivity contribution is -0.112. The van der Waals surface area contributed by atoms with Gasteiger partial charge in [0, 0.05) is 24.4 Å². The molecule has 0 unspecified atom stereocenters. The number of fused-ring (bicyclic) bond motifs is 1. The van der Waals surface area contributed by atoms with E-state index in [-0.39, 0.29) is 12.0 Å². The normalized spacial score (nSPS) is 17.7. The molecule has 1 saturated heterocycles. The smallest absolute Gasteiger partial charge is 0.263 e. The molecule has 0 N–H and O–H groups in total. The average Bonchev–Trinajstić information content (AvgIpc) is 3.00. The van der Waals surface area contributed by atoms with Crippen molar-refractivity contribution >= 4 is 22.9 Å². The highest BCUT2D eigenvalue weighted by Gasteiger charge is 2.36. The first-order chi connectivity index (χ1) is 13.6. The molecule has 2 aliphatic heterocycles. The minimum absolute atomic E-state index is 0.132. The molecule has 5 heteroatoms. The number of piperidine rings is 1. The summed E-state index contributed by atoms with van der Waals surface area (Å²) >= 11 is 0. The standard InChI is InChI=1S/C23H26N2O3/c1-4-24-14-12-18(13-15-24)28-20-11-10-19-21(22(20)27-3)16(2)23(26)25(19)17-8-6-5-7-9-17/h5-11,18H,2,4,12-15H2,1,3H3. The highest BCUT2D eigenvalue weighted by molar-refractivity contribution is 6.35. The molecule has 0 bridgehead atoms. The number of carbonyl (C=O) groups is 1. The molecule has 2 aromatic carbocycles. The summed E-state index contributed by atoms with van der Waals surface area (Å²) < 4.78 is 12.0. The number of ether oxygens (including phenoxy) is 2. The summed E-state index contributed by atoms with van der Waals surface area (Å²) in [6.07, 6.45) is 2.14. The first kappa shape index (κ1) is 18.6. The Labute approximate surface area is 166 Å². The van der Waals surface area contributed by atoms with Crippen LogP contribution in [0.4, 0.5) is 11.4 Å². The second-order valence-electron chi connectivity index (χ2n) is 7.20. The van der Waals surface area contributed by atoms with E-state index in [1.165, 1.54) is 0 Å². The van der Waals surface area contributed by atoms with Crippen LogP contribution in [0.3, 0.4) is 0 Å².